The number of unbranched alkanes of at least 4 members (excludes halogenated alkanes) is 23. The summed E-state index contributed by atoms with van der Waals surface area (Å²) in [6, 6.07) is 0. The van der Waals surface area contributed by atoms with E-state index in [4.69, 9.17) is 14.2 Å². The molecule has 0 unspecified atom stereocenters. The van der Waals surface area contributed by atoms with Crippen molar-refractivity contribution in [3.63, 3.8) is 0 Å². The van der Waals surface area contributed by atoms with E-state index in [0.717, 1.165) is 64.2 Å². The van der Waals surface area contributed by atoms with Crippen molar-refractivity contribution in [1.29, 1.82) is 0 Å². The molecule has 6 heteroatoms. The summed E-state index contributed by atoms with van der Waals surface area (Å²) in [6.45, 7) is 6.52. The van der Waals surface area contributed by atoms with Crippen LogP contribution in [0.2, 0.25) is 0 Å². The summed E-state index contributed by atoms with van der Waals surface area (Å²) in [7, 11) is 0. The molecule has 0 heterocycles. The van der Waals surface area contributed by atoms with Crippen molar-refractivity contribution in [2.75, 3.05) is 13.2 Å². The van der Waals surface area contributed by atoms with E-state index in [2.05, 4.69) is 20.8 Å². The Kier molecular flexibility index (Phi) is 33.0. The van der Waals surface area contributed by atoms with Gasteiger partial charge in [0.05, 0.1) is 0 Å². The fourth-order valence-corrected chi connectivity index (χ4v) is 5.44. The molecule has 0 aromatic rings. The summed E-state index contributed by atoms with van der Waals surface area (Å²) < 4.78 is 16.5. The molecule has 0 N–H and O–H groups in total. The first-order chi connectivity index (χ1) is 21.5. The van der Waals surface area contributed by atoms with Gasteiger partial charge in [0.25, 0.3) is 0 Å². The van der Waals surface area contributed by atoms with Crippen molar-refractivity contribution in [3.8, 4) is 0 Å². The van der Waals surface area contributed by atoms with Crippen molar-refractivity contribution in [2.45, 2.75) is 213 Å². The van der Waals surface area contributed by atoms with Crippen molar-refractivity contribution >= 4 is 17.9 Å². The Morgan fingerprint density at radius 1 is 0.364 bits per heavy atom. The minimum Gasteiger partial charge on any atom is -0.462 e. The van der Waals surface area contributed by atoms with Crippen LogP contribution in [0.15, 0.2) is 0 Å². The molecule has 260 valence electrons. The lowest BCUT2D eigenvalue weighted by Crippen LogP contribution is -2.30. The molecule has 0 aliphatic heterocycles. The van der Waals surface area contributed by atoms with E-state index >= 15 is 0 Å². The zero-order valence-electron chi connectivity index (χ0n) is 29.4. The molecule has 0 amide bonds. The Bertz CT molecular complexity index is 649. The Hall–Kier alpha value is -1.59. The van der Waals surface area contributed by atoms with Crippen molar-refractivity contribution in [1.82, 2.24) is 0 Å². The molecule has 0 aromatic heterocycles. The van der Waals surface area contributed by atoms with Gasteiger partial charge in [0.2, 0.25) is 0 Å². The number of carbonyl (C=O) groups is 3. The van der Waals surface area contributed by atoms with E-state index in [1.54, 1.807) is 0 Å². The number of rotatable bonds is 34. The van der Waals surface area contributed by atoms with E-state index in [-0.39, 0.29) is 31.1 Å². The van der Waals surface area contributed by atoms with Crippen LogP contribution >= 0.6 is 0 Å². The van der Waals surface area contributed by atoms with E-state index in [1.165, 1.54) is 103 Å². The van der Waals surface area contributed by atoms with Gasteiger partial charge in [-0.25, -0.2) is 0 Å². The van der Waals surface area contributed by atoms with Crippen LogP contribution in [0.5, 0.6) is 0 Å². The van der Waals surface area contributed by atoms with Gasteiger partial charge < -0.3 is 14.2 Å². The molecule has 0 radical (unpaired) electrons. The smallest absolute Gasteiger partial charge is 0.306 e. The van der Waals surface area contributed by atoms with Crippen LogP contribution in [0.25, 0.3) is 0 Å². The zero-order valence-corrected chi connectivity index (χ0v) is 29.4. The third-order valence-electron chi connectivity index (χ3n) is 8.36. The first-order valence-corrected chi connectivity index (χ1v) is 19.0. The van der Waals surface area contributed by atoms with Crippen LogP contribution in [0.3, 0.4) is 0 Å². The Balaban J connectivity index is 4.23. The zero-order chi connectivity index (χ0) is 32.4. The standard InChI is InChI=1S/C38H72O6/c1-4-7-10-13-15-17-19-21-23-26-28-31-37(40)43-34-35(44-38(41)32-29-24-12-9-6-3)33-42-36(39)30-27-25-22-20-18-16-14-11-8-5-2/h35H,4-34H2,1-3H3/t35-/m0/s1. The maximum absolute atomic E-state index is 12.4. The number of carbonyl (C=O) groups excluding carboxylic acids is 3. The molecule has 0 aliphatic carbocycles. The molecule has 0 rings (SSSR count). The van der Waals surface area contributed by atoms with Gasteiger partial charge in [0.15, 0.2) is 6.10 Å². The summed E-state index contributed by atoms with van der Waals surface area (Å²) >= 11 is 0. The highest BCUT2D eigenvalue weighted by Gasteiger charge is 2.19. The minimum atomic E-state index is -0.754. The van der Waals surface area contributed by atoms with Crippen molar-refractivity contribution in [3.05, 3.63) is 0 Å². The molecular formula is C38H72O6. The predicted molar refractivity (Wildman–Crippen MR) is 183 cm³/mol. The normalized spacial score (nSPS) is 11.8. The van der Waals surface area contributed by atoms with E-state index < -0.39 is 6.10 Å². The van der Waals surface area contributed by atoms with Gasteiger partial charge in [-0.05, 0) is 19.3 Å². The average Bonchev–Trinajstić information content (AvgIpc) is 3.02. The monoisotopic (exact) mass is 625 g/mol. The molecule has 44 heavy (non-hydrogen) atoms. The second-order valence-electron chi connectivity index (χ2n) is 12.9. The molecule has 1 atom stereocenters. The van der Waals surface area contributed by atoms with E-state index in [0.29, 0.717) is 19.3 Å². The van der Waals surface area contributed by atoms with Crippen LogP contribution in [-0.4, -0.2) is 37.2 Å². The molecule has 0 bridgehead atoms. The van der Waals surface area contributed by atoms with Gasteiger partial charge in [0, 0.05) is 19.3 Å². The molecule has 0 saturated heterocycles. The number of hydrogen-bond acceptors (Lipinski definition) is 6. The number of esters is 3. The van der Waals surface area contributed by atoms with Crippen LogP contribution in [-0.2, 0) is 28.6 Å². The molecular weight excluding hydrogens is 552 g/mol. The van der Waals surface area contributed by atoms with Gasteiger partial charge in [-0.15, -0.1) is 0 Å². The summed E-state index contributed by atoms with van der Waals surface area (Å²) in [5, 5.41) is 0. The van der Waals surface area contributed by atoms with Crippen LogP contribution in [0.4, 0.5) is 0 Å². The summed E-state index contributed by atoms with van der Waals surface area (Å²) in [4.78, 5) is 37.1. The van der Waals surface area contributed by atoms with Gasteiger partial charge in [0.1, 0.15) is 13.2 Å². The maximum Gasteiger partial charge on any atom is 0.306 e. The van der Waals surface area contributed by atoms with Gasteiger partial charge in [-0.3, -0.25) is 14.4 Å². The fraction of sp³-hybridized carbons (Fsp3) is 0.921. The van der Waals surface area contributed by atoms with Crippen LogP contribution in [0, 0.1) is 0 Å². The van der Waals surface area contributed by atoms with E-state index in [9.17, 15) is 14.4 Å². The molecule has 6 nitrogen and oxygen atoms in total. The molecule has 0 saturated carbocycles. The lowest BCUT2D eigenvalue weighted by Gasteiger charge is -2.18. The summed E-state index contributed by atoms with van der Waals surface area (Å²) in [5.41, 5.74) is 0. The predicted octanol–water partition coefficient (Wildman–Crippen LogP) is 11.4. The Labute approximate surface area is 272 Å². The molecule has 0 spiro atoms. The third kappa shape index (κ3) is 31.8. The lowest BCUT2D eigenvalue weighted by atomic mass is 10.1. The van der Waals surface area contributed by atoms with Gasteiger partial charge in [-0.2, -0.15) is 0 Å². The largest absolute Gasteiger partial charge is 0.462 e. The van der Waals surface area contributed by atoms with Gasteiger partial charge >= 0.3 is 17.9 Å². The Morgan fingerprint density at radius 2 is 0.614 bits per heavy atom. The summed E-state index contributed by atoms with van der Waals surface area (Å²) in [5.74, 6) is -0.880. The first-order valence-electron chi connectivity index (χ1n) is 19.0. The number of hydrogen-bond donors (Lipinski definition) is 0. The fourth-order valence-electron chi connectivity index (χ4n) is 5.44. The van der Waals surface area contributed by atoms with Crippen molar-refractivity contribution < 1.29 is 28.6 Å². The second kappa shape index (κ2) is 34.3. The van der Waals surface area contributed by atoms with Crippen LogP contribution < -0.4 is 0 Å². The van der Waals surface area contributed by atoms with Crippen molar-refractivity contribution in [2.24, 2.45) is 0 Å². The highest BCUT2D eigenvalue weighted by Crippen LogP contribution is 2.14. The maximum atomic E-state index is 12.4. The molecule has 0 aromatic carbocycles. The summed E-state index contributed by atoms with van der Waals surface area (Å²) in [6.07, 6.45) is 31.1. The quantitative estimate of drug-likeness (QED) is 0.0402. The minimum absolute atomic E-state index is 0.0655. The van der Waals surface area contributed by atoms with E-state index in [1.807, 2.05) is 0 Å². The highest BCUT2D eigenvalue weighted by molar-refractivity contribution is 5.71. The lowest BCUT2D eigenvalue weighted by molar-refractivity contribution is -0.167. The second-order valence-corrected chi connectivity index (χ2v) is 12.9. The average molecular weight is 625 g/mol. The Morgan fingerprint density at radius 3 is 0.909 bits per heavy atom. The molecule has 0 aliphatic rings. The topological polar surface area (TPSA) is 78.9 Å². The number of ether oxygens (including phenoxy) is 3. The van der Waals surface area contributed by atoms with Crippen LogP contribution in [0.1, 0.15) is 207 Å². The first kappa shape index (κ1) is 42.4. The molecule has 0 fully saturated rings. The highest BCUT2D eigenvalue weighted by atomic mass is 16.6. The van der Waals surface area contributed by atoms with Gasteiger partial charge in [-0.1, -0.05) is 168 Å². The third-order valence-corrected chi connectivity index (χ3v) is 8.36. The SMILES string of the molecule is CCCCCCCCCCCCCC(=O)OC[C@H](COC(=O)CCCCCCCCCCCC)OC(=O)CCCCCCC.